The van der Waals surface area contributed by atoms with E-state index >= 15 is 0 Å². The molecule has 3 heteroatoms. The summed E-state index contributed by atoms with van der Waals surface area (Å²) in [7, 11) is 0. The second-order valence-electron chi connectivity index (χ2n) is 1.51. The molecule has 0 heterocycles. The minimum atomic E-state index is 0.457. The summed E-state index contributed by atoms with van der Waals surface area (Å²) in [4.78, 5) is 3.73. The van der Waals surface area contributed by atoms with E-state index in [0.29, 0.717) is 5.03 Å². The maximum absolute atomic E-state index is 5.42. The zero-order valence-electron chi connectivity index (χ0n) is 5.26. The van der Waals surface area contributed by atoms with Crippen LogP contribution in [0.1, 0.15) is 6.92 Å². The van der Waals surface area contributed by atoms with E-state index in [-0.39, 0.29) is 0 Å². The summed E-state index contributed by atoms with van der Waals surface area (Å²) in [6.07, 6.45) is 2.84. The topological polar surface area (TPSA) is 38.4 Å². The first-order chi connectivity index (χ1) is 4.16. The highest BCUT2D eigenvalue weighted by Crippen LogP contribution is 2.03. The minimum Gasteiger partial charge on any atom is -0.390 e. The third-order valence-corrected chi connectivity index (χ3v) is 0.753. The van der Waals surface area contributed by atoms with E-state index in [1.807, 2.05) is 0 Å². The van der Waals surface area contributed by atoms with Crippen molar-refractivity contribution in [3.63, 3.8) is 0 Å². The molecular formula is C6H9ClN2. The van der Waals surface area contributed by atoms with Gasteiger partial charge in [0.15, 0.2) is 0 Å². The zero-order valence-corrected chi connectivity index (χ0v) is 6.02. The molecule has 0 aliphatic heterocycles. The lowest BCUT2D eigenvalue weighted by molar-refractivity contribution is 1.31. The average molecular weight is 145 g/mol. The van der Waals surface area contributed by atoms with Crippen molar-refractivity contribution in [1.29, 1.82) is 0 Å². The summed E-state index contributed by atoms with van der Waals surface area (Å²) in [5.74, 6) is 0. The summed E-state index contributed by atoms with van der Waals surface area (Å²) in [6.45, 7) is 5.24. The Morgan fingerprint density at radius 2 is 2.33 bits per heavy atom. The quantitative estimate of drug-likeness (QED) is 0.357. The van der Waals surface area contributed by atoms with Gasteiger partial charge in [-0.3, -0.25) is 0 Å². The molecule has 0 aliphatic carbocycles. The Morgan fingerprint density at radius 3 is 2.67 bits per heavy atom. The molecule has 9 heavy (non-hydrogen) atoms. The fourth-order valence-corrected chi connectivity index (χ4v) is 0.539. The SMILES string of the molecule is C=C(Cl)/C=C(/C)N=CN. The Balaban J connectivity index is 4.00. The van der Waals surface area contributed by atoms with Crippen LogP contribution >= 0.6 is 11.6 Å². The van der Waals surface area contributed by atoms with Crippen molar-refractivity contribution in [2.45, 2.75) is 6.92 Å². The molecule has 0 spiro atoms. The number of nitrogens with two attached hydrogens (primary N) is 1. The van der Waals surface area contributed by atoms with E-state index in [1.54, 1.807) is 13.0 Å². The first-order valence-electron chi connectivity index (χ1n) is 2.44. The van der Waals surface area contributed by atoms with Crippen LogP contribution in [0.4, 0.5) is 0 Å². The van der Waals surface area contributed by atoms with E-state index < -0.39 is 0 Å². The summed E-state index contributed by atoms with van der Waals surface area (Å²) in [5.41, 5.74) is 5.75. The van der Waals surface area contributed by atoms with Crippen molar-refractivity contribution < 1.29 is 0 Å². The van der Waals surface area contributed by atoms with Crippen LogP contribution in [-0.4, -0.2) is 6.34 Å². The molecule has 0 atom stereocenters. The van der Waals surface area contributed by atoms with Crippen LogP contribution in [0, 0.1) is 0 Å². The van der Waals surface area contributed by atoms with Gasteiger partial charge < -0.3 is 5.73 Å². The second-order valence-corrected chi connectivity index (χ2v) is 2.00. The minimum absolute atomic E-state index is 0.457. The maximum Gasteiger partial charge on any atom is 0.0856 e. The Morgan fingerprint density at radius 1 is 1.78 bits per heavy atom. The maximum atomic E-state index is 5.42. The molecule has 0 radical (unpaired) electrons. The summed E-state index contributed by atoms with van der Waals surface area (Å²) >= 11 is 5.42. The Labute approximate surface area is 59.7 Å². The van der Waals surface area contributed by atoms with Crippen molar-refractivity contribution in [3.8, 4) is 0 Å². The normalized spacial score (nSPS) is 12.4. The van der Waals surface area contributed by atoms with Gasteiger partial charge in [-0.1, -0.05) is 18.2 Å². The van der Waals surface area contributed by atoms with Gasteiger partial charge in [-0.05, 0) is 13.0 Å². The highest BCUT2D eigenvalue weighted by Gasteiger charge is 1.81. The van der Waals surface area contributed by atoms with Crippen LogP contribution < -0.4 is 5.73 Å². The smallest absolute Gasteiger partial charge is 0.0856 e. The van der Waals surface area contributed by atoms with E-state index in [4.69, 9.17) is 17.3 Å². The van der Waals surface area contributed by atoms with Gasteiger partial charge in [-0.15, -0.1) is 0 Å². The molecule has 0 rings (SSSR count). The van der Waals surface area contributed by atoms with Crippen LogP contribution in [-0.2, 0) is 0 Å². The van der Waals surface area contributed by atoms with Gasteiger partial charge in [0.25, 0.3) is 0 Å². The van der Waals surface area contributed by atoms with Gasteiger partial charge in [0.1, 0.15) is 0 Å². The predicted octanol–water partition coefficient (Wildman–Crippen LogP) is 1.63. The Bertz CT molecular complexity index is 158. The molecule has 0 aromatic carbocycles. The molecule has 2 N–H and O–H groups in total. The van der Waals surface area contributed by atoms with Crippen LogP contribution in [0.2, 0.25) is 0 Å². The number of aliphatic imine (C=N–C) groups is 1. The number of halogens is 1. The fraction of sp³-hybridized carbons (Fsp3) is 0.167. The lowest BCUT2D eigenvalue weighted by atomic mass is 10.4. The number of allylic oxidation sites excluding steroid dienone is 3. The number of hydrogen-bond donors (Lipinski definition) is 1. The predicted molar refractivity (Wildman–Crippen MR) is 41.4 cm³/mol. The molecular weight excluding hydrogens is 136 g/mol. The first-order valence-corrected chi connectivity index (χ1v) is 2.81. The first kappa shape index (κ1) is 8.24. The third-order valence-electron chi connectivity index (χ3n) is 0.644. The molecule has 50 valence electrons. The van der Waals surface area contributed by atoms with Crippen molar-refractivity contribution in [2.75, 3.05) is 0 Å². The molecule has 0 amide bonds. The summed E-state index contributed by atoms with van der Waals surface area (Å²) in [6, 6.07) is 0. The highest BCUT2D eigenvalue weighted by atomic mass is 35.5. The lowest BCUT2D eigenvalue weighted by Gasteiger charge is -1.87. The largest absolute Gasteiger partial charge is 0.390 e. The van der Waals surface area contributed by atoms with Gasteiger partial charge in [0.05, 0.1) is 6.34 Å². The van der Waals surface area contributed by atoms with Crippen molar-refractivity contribution >= 4 is 17.9 Å². The van der Waals surface area contributed by atoms with Crippen LogP contribution in [0.3, 0.4) is 0 Å². The molecule has 0 aromatic heterocycles. The van der Waals surface area contributed by atoms with Crippen molar-refractivity contribution in [3.05, 3.63) is 23.4 Å². The highest BCUT2D eigenvalue weighted by molar-refractivity contribution is 6.30. The van der Waals surface area contributed by atoms with Crippen LogP contribution in [0.25, 0.3) is 0 Å². The molecule has 0 saturated carbocycles. The Hall–Kier alpha value is -0.760. The summed E-state index contributed by atoms with van der Waals surface area (Å²) in [5, 5.41) is 0.457. The van der Waals surface area contributed by atoms with Gasteiger partial charge in [0, 0.05) is 10.7 Å². The van der Waals surface area contributed by atoms with E-state index in [0.717, 1.165) is 5.70 Å². The number of nitrogens with zero attached hydrogens (tertiary/aromatic N) is 1. The van der Waals surface area contributed by atoms with Gasteiger partial charge in [-0.2, -0.15) is 0 Å². The molecule has 2 nitrogen and oxygen atoms in total. The molecule has 0 fully saturated rings. The molecule has 0 aromatic rings. The average Bonchev–Trinajstić information content (AvgIpc) is 1.63. The zero-order chi connectivity index (χ0) is 7.28. The molecule has 0 saturated heterocycles. The fourth-order valence-electron chi connectivity index (χ4n) is 0.381. The third kappa shape index (κ3) is 5.11. The molecule has 0 bridgehead atoms. The van der Waals surface area contributed by atoms with Crippen molar-refractivity contribution in [2.24, 2.45) is 10.7 Å². The van der Waals surface area contributed by atoms with Gasteiger partial charge >= 0.3 is 0 Å². The summed E-state index contributed by atoms with van der Waals surface area (Å²) < 4.78 is 0. The van der Waals surface area contributed by atoms with Crippen molar-refractivity contribution in [1.82, 2.24) is 0 Å². The van der Waals surface area contributed by atoms with E-state index in [9.17, 15) is 0 Å². The molecule has 0 aliphatic rings. The van der Waals surface area contributed by atoms with Gasteiger partial charge in [0.2, 0.25) is 0 Å². The molecule has 0 unspecified atom stereocenters. The number of hydrogen-bond acceptors (Lipinski definition) is 1. The standard InChI is InChI=1S/C6H9ClN2/c1-5(7)3-6(2)9-4-8/h3-4H,1H2,2H3,(H2,8,9)/b6-3-. The van der Waals surface area contributed by atoms with Gasteiger partial charge in [-0.25, -0.2) is 4.99 Å². The van der Waals surface area contributed by atoms with E-state index in [1.165, 1.54) is 6.34 Å². The second kappa shape index (κ2) is 4.15. The number of rotatable bonds is 2. The Kier molecular flexibility index (Phi) is 3.80. The lowest BCUT2D eigenvalue weighted by Crippen LogP contribution is -1.87. The van der Waals surface area contributed by atoms with Crippen LogP contribution in [0.15, 0.2) is 28.4 Å². The van der Waals surface area contributed by atoms with E-state index in [2.05, 4.69) is 11.6 Å². The van der Waals surface area contributed by atoms with Crippen LogP contribution in [0.5, 0.6) is 0 Å². The monoisotopic (exact) mass is 144 g/mol.